The number of sulfonamides is 1. The van der Waals surface area contributed by atoms with Gasteiger partial charge in [-0.2, -0.15) is 0 Å². The van der Waals surface area contributed by atoms with E-state index < -0.39 is 15.6 Å². The highest BCUT2D eigenvalue weighted by Gasteiger charge is 2.21. The minimum Gasteiger partial charge on any atom is -0.378 e. The van der Waals surface area contributed by atoms with E-state index in [9.17, 15) is 13.2 Å². The Balaban J connectivity index is 0.00000338. The Morgan fingerprint density at radius 2 is 2.08 bits per heavy atom. The van der Waals surface area contributed by atoms with Crippen molar-refractivity contribution in [1.82, 2.24) is 10.0 Å². The largest absolute Gasteiger partial charge is 0.378 e. The van der Waals surface area contributed by atoms with Crippen molar-refractivity contribution < 1.29 is 17.9 Å². The number of halogens is 1. The first-order chi connectivity index (χ1) is 11.6. The lowest BCUT2D eigenvalue weighted by Crippen LogP contribution is -2.43. The van der Waals surface area contributed by atoms with Crippen molar-refractivity contribution in [2.45, 2.75) is 44.5 Å². The molecule has 9 heteroatoms. The van der Waals surface area contributed by atoms with Gasteiger partial charge in [0.25, 0.3) is 0 Å². The third kappa shape index (κ3) is 8.46. The molecule has 1 aliphatic heterocycles. The topological polar surface area (TPSA) is 96.5 Å². The average Bonchev–Trinajstić information content (AvgIpc) is 2.45. The van der Waals surface area contributed by atoms with Crippen LogP contribution in [0.3, 0.4) is 0 Å². The Hall–Kier alpha value is -1.19. The fraction of sp³-hybridized carbons (Fsp3) is 0.588. The van der Waals surface area contributed by atoms with E-state index in [1.54, 1.807) is 45.0 Å². The molecular formula is C17H28ClN3O4S. The van der Waals surface area contributed by atoms with E-state index in [0.29, 0.717) is 30.9 Å². The second kappa shape index (κ2) is 9.66. The van der Waals surface area contributed by atoms with Crippen molar-refractivity contribution in [2.24, 2.45) is 0 Å². The number of rotatable bonds is 6. The van der Waals surface area contributed by atoms with Gasteiger partial charge in [0.1, 0.15) is 0 Å². The molecule has 148 valence electrons. The minimum atomic E-state index is -3.45. The molecule has 1 unspecified atom stereocenters. The molecular weight excluding hydrogens is 378 g/mol. The maximum Gasteiger partial charge on any atom is 0.226 e. The predicted molar refractivity (Wildman–Crippen MR) is 105 cm³/mol. The van der Waals surface area contributed by atoms with Crippen LogP contribution in [0.1, 0.15) is 32.8 Å². The first kappa shape index (κ1) is 22.9. The summed E-state index contributed by atoms with van der Waals surface area (Å²) in [6.45, 7) is 7.31. The van der Waals surface area contributed by atoms with Gasteiger partial charge in [0.05, 0.1) is 19.0 Å². The molecule has 3 N–H and O–H groups in total. The van der Waals surface area contributed by atoms with Crippen LogP contribution in [0.2, 0.25) is 0 Å². The van der Waals surface area contributed by atoms with E-state index >= 15 is 0 Å². The molecule has 2 rings (SSSR count). The van der Waals surface area contributed by atoms with Gasteiger partial charge in [-0.25, -0.2) is 13.1 Å². The number of amides is 1. The number of ether oxygens (including phenoxy) is 1. The summed E-state index contributed by atoms with van der Waals surface area (Å²) in [5.74, 6) is -0.262. The molecule has 1 atom stereocenters. The molecule has 0 bridgehead atoms. The van der Waals surface area contributed by atoms with Crippen LogP contribution < -0.4 is 15.4 Å². The molecule has 1 saturated heterocycles. The molecule has 1 fully saturated rings. The van der Waals surface area contributed by atoms with Crippen molar-refractivity contribution in [3.63, 3.8) is 0 Å². The summed E-state index contributed by atoms with van der Waals surface area (Å²) < 4.78 is 32.3. The number of morpholine rings is 1. The molecule has 1 aromatic rings. The van der Waals surface area contributed by atoms with Crippen LogP contribution in [-0.4, -0.2) is 45.7 Å². The zero-order valence-corrected chi connectivity index (χ0v) is 17.0. The normalized spacial score (nSPS) is 18.0. The molecule has 0 radical (unpaired) electrons. The van der Waals surface area contributed by atoms with Crippen molar-refractivity contribution in [3.05, 3.63) is 29.8 Å². The molecule has 1 aromatic carbocycles. The van der Waals surface area contributed by atoms with E-state index in [4.69, 9.17) is 4.74 Å². The molecule has 26 heavy (non-hydrogen) atoms. The number of hydrogen-bond donors (Lipinski definition) is 3. The van der Waals surface area contributed by atoms with Crippen LogP contribution in [0, 0.1) is 0 Å². The first-order valence-electron chi connectivity index (χ1n) is 8.34. The summed E-state index contributed by atoms with van der Waals surface area (Å²) >= 11 is 0. The molecule has 1 amide bonds. The fourth-order valence-electron chi connectivity index (χ4n) is 2.65. The second-order valence-corrected chi connectivity index (χ2v) is 9.01. The van der Waals surface area contributed by atoms with Gasteiger partial charge >= 0.3 is 0 Å². The van der Waals surface area contributed by atoms with Crippen LogP contribution in [0.25, 0.3) is 0 Å². The smallest absolute Gasteiger partial charge is 0.226 e. The van der Waals surface area contributed by atoms with Crippen molar-refractivity contribution in [1.29, 1.82) is 0 Å². The zero-order valence-electron chi connectivity index (χ0n) is 15.4. The molecule has 0 aromatic heterocycles. The molecule has 0 spiro atoms. The quantitative estimate of drug-likeness (QED) is 0.668. The van der Waals surface area contributed by atoms with Crippen LogP contribution in [-0.2, 0) is 25.3 Å². The van der Waals surface area contributed by atoms with Crippen molar-refractivity contribution in [2.75, 3.05) is 25.1 Å². The standard InChI is InChI=1S/C17H27N3O4S.ClH/c1-17(2,3)20-25(22,23)12-13-5-4-6-14(9-13)19-16(21)10-15-11-24-8-7-18-15;/h4-6,9,15,18,20H,7-8,10-12H2,1-3H3,(H,19,21);1H. The van der Waals surface area contributed by atoms with E-state index in [0.717, 1.165) is 6.54 Å². The number of anilines is 1. The Morgan fingerprint density at radius 1 is 1.35 bits per heavy atom. The lowest BCUT2D eigenvalue weighted by Gasteiger charge is -2.23. The van der Waals surface area contributed by atoms with Crippen LogP contribution in [0.15, 0.2) is 24.3 Å². The Kier molecular flexibility index (Phi) is 8.49. The lowest BCUT2D eigenvalue weighted by molar-refractivity contribution is -0.117. The summed E-state index contributed by atoms with van der Waals surface area (Å²) in [6, 6.07) is 6.90. The van der Waals surface area contributed by atoms with Gasteiger partial charge in [-0.3, -0.25) is 4.79 Å². The van der Waals surface area contributed by atoms with Crippen molar-refractivity contribution >= 4 is 34.0 Å². The summed E-state index contributed by atoms with van der Waals surface area (Å²) in [4.78, 5) is 12.1. The van der Waals surface area contributed by atoms with Crippen LogP contribution >= 0.6 is 12.4 Å². The highest BCUT2D eigenvalue weighted by atomic mass is 35.5. The summed E-state index contributed by atoms with van der Waals surface area (Å²) in [7, 11) is -3.45. The predicted octanol–water partition coefficient (Wildman–Crippen LogP) is 1.64. The molecule has 0 aliphatic carbocycles. The van der Waals surface area contributed by atoms with Gasteiger partial charge in [0.2, 0.25) is 15.9 Å². The minimum absolute atomic E-state index is 0. The van der Waals surface area contributed by atoms with Gasteiger partial charge < -0.3 is 15.4 Å². The second-order valence-electron chi connectivity index (χ2n) is 7.29. The number of hydrogen-bond acceptors (Lipinski definition) is 5. The summed E-state index contributed by atoms with van der Waals surface area (Å²) in [6.07, 6.45) is 0.314. The fourth-order valence-corrected chi connectivity index (χ4v) is 4.27. The van der Waals surface area contributed by atoms with Gasteiger partial charge in [0, 0.05) is 30.2 Å². The number of carbonyl (C=O) groups excluding carboxylic acids is 1. The number of benzene rings is 1. The van der Waals surface area contributed by atoms with E-state index in [1.165, 1.54) is 0 Å². The van der Waals surface area contributed by atoms with Gasteiger partial charge in [-0.05, 0) is 38.5 Å². The third-order valence-electron chi connectivity index (χ3n) is 3.46. The molecule has 1 aliphatic rings. The lowest BCUT2D eigenvalue weighted by atomic mass is 10.1. The van der Waals surface area contributed by atoms with Crippen molar-refractivity contribution in [3.8, 4) is 0 Å². The highest BCUT2D eigenvalue weighted by Crippen LogP contribution is 2.15. The van der Waals surface area contributed by atoms with E-state index in [2.05, 4.69) is 15.4 Å². The highest BCUT2D eigenvalue weighted by molar-refractivity contribution is 7.88. The summed E-state index contributed by atoms with van der Waals surface area (Å²) in [5, 5.41) is 6.04. The zero-order chi connectivity index (χ0) is 18.5. The number of nitrogens with one attached hydrogen (secondary N) is 3. The number of carbonyl (C=O) groups is 1. The summed E-state index contributed by atoms with van der Waals surface area (Å²) in [5.41, 5.74) is 0.679. The van der Waals surface area contributed by atoms with Crippen LogP contribution in [0.4, 0.5) is 5.69 Å². The Bertz CT molecular complexity index is 698. The molecule has 0 saturated carbocycles. The van der Waals surface area contributed by atoms with E-state index in [1.807, 2.05) is 0 Å². The maximum absolute atomic E-state index is 12.2. The monoisotopic (exact) mass is 405 g/mol. The third-order valence-corrected chi connectivity index (χ3v) is 5.10. The van der Waals surface area contributed by atoms with E-state index in [-0.39, 0.29) is 30.1 Å². The maximum atomic E-state index is 12.2. The van der Waals surface area contributed by atoms with Gasteiger partial charge in [-0.1, -0.05) is 12.1 Å². The van der Waals surface area contributed by atoms with Gasteiger partial charge in [-0.15, -0.1) is 12.4 Å². The average molecular weight is 406 g/mol. The molecule has 7 nitrogen and oxygen atoms in total. The SMILES string of the molecule is CC(C)(C)NS(=O)(=O)Cc1cccc(NC(=O)CC2COCCN2)c1.Cl. The van der Waals surface area contributed by atoms with Gasteiger partial charge in [0.15, 0.2) is 0 Å². The molecule has 1 heterocycles. The Labute approximate surface area is 161 Å². The Morgan fingerprint density at radius 3 is 2.69 bits per heavy atom. The first-order valence-corrected chi connectivity index (χ1v) is 10.00. The van der Waals surface area contributed by atoms with Crippen LogP contribution in [0.5, 0.6) is 0 Å².